The van der Waals surface area contributed by atoms with Gasteiger partial charge in [0.2, 0.25) is 0 Å². The number of amides is 1. The van der Waals surface area contributed by atoms with Gasteiger partial charge >= 0.3 is 0 Å². The van der Waals surface area contributed by atoms with E-state index in [0.29, 0.717) is 16.3 Å². The van der Waals surface area contributed by atoms with Crippen LogP contribution in [0.25, 0.3) is 0 Å². The van der Waals surface area contributed by atoms with Crippen LogP contribution in [0, 0.1) is 0 Å². The molecule has 4 N–H and O–H groups in total. The molecule has 0 bridgehead atoms. The maximum atomic E-state index is 11.4. The van der Waals surface area contributed by atoms with E-state index < -0.39 is 0 Å². The van der Waals surface area contributed by atoms with Crippen LogP contribution in [0.4, 0.5) is 5.69 Å². The number of carbonyl (C=O) groups excluding carboxylic acids is 1. The quantitative estimate of drug-likeness (QED) is 0.647. The number of nitrogens with two attached hydrogens (primary N) is 1. The van der Waals surface area contributed by atoms with E-state index in [0.717, 1.165) is 0 Å². The van der Waals surface area contributed by atoms with Gasteiger partial charge in [0.05, 0.1) is 17.2 Å². The Kier molecular flexibility index (Phi) is 3.73. The van der Waals surface area contributed by atoms with Crippen LogP contribution < -0.4 is 11.1 Å². The first kappa shape index (κ1) is 10.8. The second-order valence-electron chi connectivity index (χ2n) is 2.72. The van der Waals surface area contributed by atoms with Gasteiger partial charge in [0.15, 0.2) is 0 Å². The molecule has 4 nitrogen and oxygen atoms in total. The smallest absolute Gasteiger partial charge is 0.252 e. The highest BCUT2D eigenvalue weighted by atomic mass is 35.5. The van der Waals surface area contributed by atoms with Crippen LogP contribution in [0.5, 0.6) is 0 Å². The fourth-order valence-corrected chi connectivity index (χ4v) is 1.18. The Labute approximate surface area is 86.7 Å². The van der Waals surface area contributed by atoms with E-state index in [4.69, 9.17) is 22.4 Å². The first-order valence-corrected chi connectivity index (χ1v) is 4.47. The molecule has 0 atom stereocenters. The molecule has 0 aliphatic carbocycles. The molecule has 0 aromatic heterocycles. The summed E-state index contributed by atoms with van der Waals surface area (Å²) in [6, 6.07) is 4.67. The summed E-state index contributed by atoms with van der Waals surface area (Å²) in [6.07, 6.45) is 0. The standard InChI is InChI=1S/C9H11ClN2O2/c10-8-2-1-6(11)5-7(8)9(14)12-3-4-13/h1-2,5,13H,3-4,11H2,(H,12,14). The number of hydrogen-bond donors (Lipinski definition) is 3. The third-order valence-electron chi connectivity index (χ3n) is 1.63. The van der Waals surface area contributed by atoms with Crippen molar-refractivity contribution < 1.29 is 9.90 Å². The van der Waals surface area contributed by atoms with Gasteiger partial charge in [-0.2, -0.15) is 0 Å². The Morgan fingerprint density at radius 1 is 1.57 bits per heavy atom. The Morgan fingerprint density at radius 3 is 2.93 bits per heavy atom. The predicted octanol–water partition coefficient (Wildman–Crippen LogP) is 0.644. The summed E-state index contributed by atoms with van der Waals surface area (Å²) in [4.78, 5) is 11.4. The molecule has 5 heteroatoms. The zero-order valence-corrected chi connectivity index (χ0v) is 8.21. The van der Waals surface area contributed by atoms with Crippen molar-refractivity contribution in [2.75, 3.05) is 18.9 Å². The Bertz CT molecular complexity index is 342. The van der Waals surface area contributed by atoms with Gasteiger partial charge in [-0.15, -0.1) is 0 Å². The molecule has 1 amide bonds. The fourth-order valence-electron chi connectivity index (χ4n) is 0.982. The van der Waals surface area contributed by atoms with E-state index in [2.05, 4.69) is 5.32 Å². The van der Waals surface area contributed by atoms with E-state index >= 15 is 0 Å². The summed E-state index contributed by atoms with van der Waals surface area (Å²) in [7, 11) is 0. The highest BCUT2D eigenvalue weighted by molar-refractivity contribution is 6.34. The zero-order chi connectivity index (χ0) is 10.6. The number of nitrogen functional groups attached to an aromatic ring is 1. The van der Waals surface area contributed by atoms with Gasteiger partial charge in [-0.3, -0.25) is 4.79 Å². The van der Waals surface area contributed by atoms with Gasteiger partial charge in [-0.25, -0.2) is 0 Å². The Morgan fingerprint density at radius 2 is 2.29 bits per heavy atom. The van der Waals surface area contributed by atoms with Crippen molar-refractivity contribution in [3.8, 4) is 0 Å². The first-order chi connectivity index (χ1) is 6.65. The lowest BCUT2D eigenvalue weighted by Crippen LogP contribution is -2.26. The second-order valence-corrected chi connectivity index (χ2v) is 3.13. The summed E-state index contributed by atoms with van der Waals surface area (Å²) < 4.78 is 0. The number of aliphatic hydroxyl groups is 1. The number of aliphatic hydroxyl groups excluding tert-OH is 1. The minimum atomic E-state index is -0.337. The molecule has 0 saturated carbocycles. The number of hydrogen-bond acceptors (Lipinski definition) is 3. The van der Waals surface area contributed by atoms with Gasteiger partial charge in [0.25, 0.3) is 5.91 Å². The fraction of sp³-hybridized carbons (Fsp3) is 0.222. The topological polar surface area (TPSA) is 75.4 Å². The van der Waals surface area contributed by atoms with Crippen LogP contribution in [0.15, 0.2) is 18.2 Å². The number of carbonyl (C=O) groups is 1. The molecular formula is C9H11ClN2O2. The number of anilines is 1. The number of benzene rings is 1. The average Bonchev–Trinajstić information content (AvgIpc) is 2.18. The van der Waals surface area contributed by atoms with Crippen molar-refractivity contribution in [1.29, 1.82) is 0 Å². The van der Waals surface area contributed by atoms with E-state index in [1.807, 2.05) is 0 Å². The van der Waals surface area contributed by atoms with Crippen molar-refractivity contribution in [3.05, 3.63) is 28.8 Å². The van der Waals surface area contributed by atoms with Crippen LogP contribution >= 0.6 is 11.6 Å². The van der Waals surface area contributed by atoms with Crippen LogP contribution in [-0.2, 0) is 0 Å². The molecule has 1 rings (SSSR count). The van der Waals surface area contributed by atoms with E-state index in [1.165, 1.54) is 6.07 Å². The van der Waals surface area contributed by atoms with Crippen molar-refractivity contribution >= 4 is 23.2 Å². The van der Waals surface area contributed by atoms with Gasteiger partial charge < -0.3 is 16.2 Å². The molecule has 1 aromatic carbocycles. The van der Waals surface area contributed by atoms with Gasteiger partial charge in [0.1, 0.15) is 0 Å². The average molecular weight is 215 g/mol. The van der Waals surface area contributed by atoms with Crippen molar-refractivity contribution in [1.82, 2.24) is 5.32 Å². The zero-order valence-electron chi connectivity index (χ0n) is 7.46. The molecule has 1 aromatic rings. The highest BCUT2D eigenvalue weighted by Gasteiger charge is 2.09. The summed E-state index contributed by atoms with van der Waals surface area (Å²) in [5.41, 5.74) is 6.30. The largest absolute Gasteiger partial charge is 0.399 e. The minimum absolute atomic E-state index is 0.105. The maximum Gasteiger partial charge on any atom is 0.252 e. The van der Waals surface area contributed by atoms with Crippen LogP contribution in [0.2, 0.25) is 5.02 Å². The van der Waals surface area contributed by atoms with Crippen molar-refractivity contribution in [3.63, 3.8) is 0 Å². The Hall–Kier alpha value is -1.26. The lowest BCUT2D eigenvalue weighted by Gasteiger charge is -2.05. The summed E-state index contributed by atoms with van der Waals surface area (Å²) in [5, 5.41) is 11.3. The molecule has 0 unspecified atom stereocenters. The molecule has 14 heavy (non-hydrogen) atoms. The molecule has 0 saturated heterocycles. The Balaban J connectivity index is 2.83. The first-order valence-electron chi connectivity index (χ1n) is 4.09. The summed E-state index contributed by atoms with van der Waals surface area (Å²) in [5.74, 6) is -0.337. The predicted molar refractivity (Wildman–Crippen MR) is 55.3 cm³/mol. The summed E-state index contributed by atoms with van der Waals surface area (Å²) in [6.45, 7) is 0.0929. The van der Waals surface area contributed by atoms with Gasteiger partial charge in [0, 0.05) is 12.2 Å². The lowest BCUT2D eigenvalue weighted by atomic mass is 10.2. The lowest BCUT2D eigenvalue weighted by molar-refractivity contribution is 0.0945. The van der Waals surface area contributed by atoms with Crippen LogP contribution in [-0.4, -0.2) is 24.2 Å². The number of halogens is 1. The molecule has 0 spiro atoms. The van der Waals surface area contributed by atoms with Crippen molar-refractivity contribution in [2.24, 2.45) is 0 Å². The maximum absolute atomic E-state index is 11.4. The van der Waals surface area contributed by atoms with Crippen molar-refractivity contribution in [2.45, 2.75) is 0 Å². The molecule has 0 aliphatic heterocycles. The normalized spacial score (nSPS) is 9.86. The third-order valence-corrected chi connectivity index (χ3v) is 1.96. The van der Waals surface area contributed by atoms with E-state index in [9.17, 15) is 4.79 Å². The monoisotopic (exact) mass is 214 g/mol. The van der Waals surface area contributed by atoms with E-state index in [1.54, 1.807) is 12.1 Å². The molecule has 0 heterocycles. The SMILES string of the molecule is Nc1ccc(Cl)c(C(=O)NCCO)c1. The molecular weight excluding hydrogens is 204 g/mol. The molecule has 76 valence electrons. The molecule has 0 aliphatic rings. The highest BCUT2D eigenvalue weighted by Crippen LogP contribution is 2.18. The second kappa shape index (κ2) is 4.83. The minimum Gasteiger partial charge on any atom is -0.399 e. The molecule has 0 fully saturated rings. The van der Waals surface area contributed by atoms with E-state index in [-0.39, 0.29) is 19.1 Å². The van der Waals surface area contributed by atoms with Crippen LogP contribution in [0.1, 0.15) is 10.4 Å². The van der Waals surface area contributed by atoms with Crippen LogP contribution in [0.3, 0.4) is 0 Å². The summed E-state index contributed by atoms with van der Waals surface area (Å²) >= 11 is 5.79. The van der Waals surface area contributed by atoms with Gasteiger partial charge in [-0.1, -0.05) is 11.6 Å². The number of nitrogens with one attached hydrogen (secondary N) is 1. The van der Waals surface area contributed by atoms with Gasteiger partial charge in [-0.05, 0) is 18.2 Å². The third kappa shape index (κ3) is 2.61. The molecule has 0 radical (unpaired) electrons. The number of rotatable bonds is 3.